The van der Waals surface area contributed by atoms with Crippen LogP contribution in [0.25, 0.3) is 22.9 Å². The van der Waals surface area contributed by atoms with Crippen molar-refractivity contribution in [2.75, 3.05) is 6.54 Å². The van der Waals surface area contributed by atoms with Crippen molar-refractivity contribution in [2.45, 2.75) is 25.2 Å². The first-order valence-electron chi connectivity index (χ1n) is 14.9. The molecule has 0 spiro atoms. The van der Waals surface area contributed by atoms with Crippen molar-refractivity contribution in [1.29, 1.82) is 0 Å². The molecule has 0 bridgehead atoms. The number of tetrazole rings is 1. The topological polar surface area (TPSA) is 128 Å². The predicted octanol–water partition coefficient (Wildman–Crippen LogP) is 6.67. The van der Waals surface area contributed by atoms with Crippen molar-refractivity contribution >= 4 is 35.3 Å². The van der Waals surface area contributed by atoms with Crippen LogP contribution in [0.4, 0.5) is 17.6 Å². The first-order chi connectivity index (χ1) is 23.9. The van der Waals surface area contributed by atoms with Crippen LogP contribution < -0.4 is 4.74 Å². The molecule has 6 rings (SSSR count). The highest BCUT2D eigenvalue weighted by Gasteiger charge is 2.36. The van der Waals surface area contributed by atoms with Crippen LogP contribution in [0.5, 0.6) is 5.75 Å². The minimum Gasteiger partial charge on any atom is -0.478 e. The lowest BCUT2D eigenvalue weighted by Gasteiger charge is -2.37. The average molecular weight is 706 g/mol. The number of carbonyl (C=O) groups excluding carboxylic acids is 2. The minimum absolute atomic E-state index is 0.0386. The maximum atomic E-state index is 15.2. The zero-order chi connectivity index (χ0) is 35.6. The third-order valence-electron chi connectivity index (χ3n) is 8.09. The van der Waals surface area contributed by atoms with Gasteiger partial charge in [0.2, 0.25) is 5.91 Å². The van der Waals surface area contributed by atoms with Gasteiger partial charge in [-0.2, -0.15) is 4.68 Å². The maximum absolute atomic E-state index is 15.2. The molecule has 15 heteroatoms. The van der Waals surface area contributed by atoms with Gasteiger partial charge < -0.3 is 14.7 Å². The average Bonchev–Trinajstić information content (AvgIpc) is 3.63. The molecule has 1 atom stereocenters. The van der Waals surface area contributed by atoms with E-state index in [0.29, 0.717) is 27.8 Å². The summed E-state index contributed by atoms with van der Waals surface area (Å²) in [7, 11) is 0. The van der Waals surface area contributed by atoms with E-state index in [-0.39, 0.29) is 47.0 Å². The number of fused-ring (bicyclic) bond motifs is 1. The van der Waals surface area contributed by atoms with E-state index >= 15 is 4.39 Å². The normalized spacial score (nSPS) is 14.4. The van der Waals surface area contributed by atoms with E-state index in [0.717, 1.165) is 6.08 Å². The second kappa shape index (κ2) is 13.9. The Morgan fingerprint density at radius 3 is 2.40 bits per heavy atom. The fourth-order valence-electron chi connectivity index (χ4n) is 5.86. The zero-order valence-corrected chi connectivity index (χ0v) is 26.4. The first kappa shape index (κ1) is 34.0. The molecule has 0 saturated carbocycles. The molecule has 0 saturated heterocycles. The molecule has 50 heavy (non-hydrogen) atoms. The lowest BCUT2D eigenvalue weighted by Crippen LogP contribution is -2.43. The SMILES string of the molecule is O=C(O)c1ccc(CC(=O)C2c3cccc(-c4ccc(OC(F)(F)F)cc4)c3CCN2C(=O)/C=C/c2c(-n3cnnn3)ccc(Cl)c2F)cc1. The number of aromatic carboxylic acids is 1. The second-order valence-electron chi connectivity index (χ2n) is 11.2. The van der Waals surface area contributed by atoms with E-state index in [9.17, 15) is 32.7 Å². The third-order valence-corrected chi connectivity index (χ3v) is 8.38. The molecule has 0 aliphatic carbocycles. The summed E-state index contributed by atoms with van der Waals surface area (Å²) in [6.07, 6.45) is -1.13. The molecule has 1 unspecified atom stereocenters. The number of carboxylic acid groups (broad SMARTS) is 1. The molecule has 4 aromatic carbocycles. The summed E-state index contributed by atoms with van der Waals surface area (Å²) in [5, 5.41) is 20.0. The van der Waals surface area contributed by atoms with Crippen LogP contribution in [0.3, 0.4) is 0 Å². The Morgan fingerprint density at radius 1 is 1.00 bits per heavy atom. The number of halogens is 5. The van der Waals surface area contributed by atoms with Crippen molar-refractivity contribution in [3.8, 4) is 22.6 Å². The number of ether oxygens (including phenoxy) is 1. The van der Waals surface area contributed by atoms with Gasteiger partial charge in [0.15, 0.2) is 11.6 Å². The van der Waals surface area contributed by atoms with Gasteiger partial charge in [0.05, 0.1) is 16.3 Å². The van der Waals surface area contributed by atoms with Crippen molar-refractivity contribution in [1.82, 2.24) is 25.1 Å². The summed E-state index contributed by atoms with van der Waals surface area (Å²) >= 11 is 6.04. The Kier molecular flexibility index (Phi) is 9.46. The number of carbonyl (C=O) groups is 3. The second-order valence-corrected chi connectivity index (χ2v) is 11.6. The smallest absolute Gasteiger partial charge is 0.478 e. The Morgan fingerprint density at radius 2 is 1.74 bits per heavy atom. The fourth-order valence-corrected chi connectivity index (χ4v) is 6.02. The van der Waals surface area contributed by atoms with Gasteiger partial charge in [0, 0.05) is 24.6 Å². The number of ketones is 1. The van der Waals surface area contributed by atoms with Crippen molar-refractivity contribution in [3.05, 3.63) is 130 Å². The molecule has 2 heterocycles. The summed E-state index contributed by atoms with van der Waals surface area (Å²) in [4.78, 5) is 40.7. The van der Waals surface area contributed by atoms with Crippen LogP contribution in [0.1, 0.15) is 38.7 Å². The number of hydrogen-bond acceptors (Lipinski definition) is 7. The molecule has 5 aromatic rings. The van der Waals surface area contributed by atoms with Gasteiger partial charge in [-0.25, -0.2) is 9.18 Å². The predicted molar refractivity (Wildman–Crippen MR) is 172 cm³/mol. The number of amides is 1. The molecule has 1 aromatic heterocycles. The minimum atomic E-state index is -4.85. The number of rotatable bonds is 9. The number of nitrogens with zero attached hydrogens (tertiary/aromatic N) is 5. The van der Waals surface area contributed by atoms with E-state index in [2.05, 4.69) is 20.3 Å². The summed E-state index contributed by atoms with van der Waals surface area (Å²) in [5.74, 6) is -3.34. The maximum Gasteiger partial charge on any atom is 0.573 e. The standard InChI is InChI=1S/C35H24ClF4N5O5/c36-28-13-14-29(45-19-41-42-43-45)27(32(28)37)12-15-31(47)44-17-16-25-24(21-8-10-23(11-9-21)50-35(38,39)40)2-1-3-26(25)33(44)30(46)18-20-4-6-22(7-5-20)34(48)49/h1-15,19,33H,16-18H2,(H,48,49)/b15-12+. The molecule has 0 radical (unpaired) electrons. The molecule has 1 aliphatic rings. The summed E-state index contributed by atoms with van der Waals surface area (Å²) < 4.78 is 58.7. The Balaban J connectivity index is 1.37. The van der Waals surface area contributed by atoms with Gasteiger partial charge >= 0.3 is 12.3 Å². The summed E-state index contributed by atoms with van der Waals surface area (Å²) in [6, 6.07) is 17.9. The number of alkyl halides is 3. The number of benzene rings is 4. The van der Waals surface area contributed by atoms with Gasteiger partial charge in [-0.15, -0.1) is 18.3 Å². The van der Waals surface area contributed by atoms with Crippen LogP contribution in [0, 0.1) is 5.82 Å². The van der Waals surface area contributed by atoms with Crippen molar-refractivity contribution < 1.29 is 41.8 Å². The highest BCUT2D eigenvalue weighted by molar-refractivity contribution is 6.31. The Labute approximate surface area is 286 Å². The molecule has 10 nitrogen and oxygen atoms in total. The van der Waals surface area contributed by atoms with Gasteiger partial charge in [-0.05, 0) is 87.1 Å². The highest BCUT2D eigenvalue weighted by Crippen LogP contribution is 2.38. The van der Waals surface area contributed by atoms with Crippen LogP contribution in [-0.4, -0.2) is 60.8 Å². The van der Waals surface area contributed by atoms with Gasteiger partial charge in [0.1, 0.15) is 18.1 Å². The van der Waals surface area contributed by atoms with Crippen LogP contribution >= 0.6 is 11.6 Å². The number of Topliss-reactive ketones (excluding diaryl/α,β-unsaturated/α-hetero) is 1. The van der Waals surface area contributed by atoms with Crippen molar-refractivity contribution in [3.63, 3.8) is 0 Å². The first-order valence-corrected chi connectivity index (χ1v) is 15.3. The lowest BCUT2D eigenvalue weighted by atomic mass is 9.83. The van der Waals surface area contributed by atoms with Gasteiger partial charge in [0.25, 0.3) is 0 Å². The third kappa shape index (κ3) is 7.25. The molecular weight excluding hydrogens is 682 g/mol. The van der Waals surface area contributed by atoms with E-state index in [1.165, 1.54) is 82.6 Å². The summed E-state index contributed by atoms with van der Waals surface area (Å²) in [5.41, 5.74) is 3.12. The molecule has 1 aliphatic heterocycles. The van der Waals surface area contributed by atoms with Gasteiger partial charge in [-0.3, -0.25) is 9.59 Å². The van der Waals surface area contributed by atoms with E-state index < -0.39 is 35.8 Å². The molecule has 0 fully saturated rings. The van der Waals surface area contributed by atoms with Crippen LogP contribution in [-0.2, 0) is 22.4 Å². The fraction of sp³-hybridized carbons (Fsp3) is 0.143. The van der Waals surface area contributed by atoms with E-state index in [1.54, 1.807) is 18.2 Å². The lowest BCUT2D eigenvalue weighted by molar-refractivity contribution is -0.274. The Hall–Kier alpha value is -5.89. The molecule has 254 valence electrons. The van der Waals surface area contributed by atoms with Crippen LogP contribution in [0.2, 0.25) is 5.02 Å². The van der Waals surface area contributed by atoms with Gasteiger partial charge in [-0.1, -0.05) is 54.1 Å². The summed E-state index contributed by atoms with van der Waals surface area (Å²) in [6.45, 7) is 0.0642. The largest absolute Gasteiger partial charge is 0.573 e. The van der Waals surface area contributed by atoms with E-state index in [1.807, 2.05) is 0 Å². The molecule has 1 amide bonds. The number of carboxylic acids is 1. The highest BCUT2D eigenvalue weighted by atomic mass is 35.5. The zero-order valence-electron chi connectivity index (χ0n) is 25.6. The monoisotopic (exact) mass is 705 g/mol. The van der Waals surface area contributed by atoms with Crippen molar-refractivity contribution in [2.24, 2.45) is 0 Å². The Bertz CT molecular complexity index is 2100. The van der Waals surface area contributed by atoms with Crippen LogP contribution in [0.15, 0.2) is 91.3 Å². The quantitative estimate of drug-likeness (QED) is 0.133. The van der Waals surface area contributed by atoms with E-state index in [4.69, 9.17) is 11.6 Å². The molecular formula is C35H24ClF4N5O5. The number of aromatic nitrogens is 4. The number of hydrogen-bond donors (Lipinski definition) is 1. The molecule has 1 N–H and O–H groups in total.